The first-order valence-electron chi connectivity index (χ1n) is 0.471. The van der Waals surface area contributed by atoms with Gasteiger partial charge in [0.15, 0.2) is 0 Å². The fraction of sp³-hybridized carbons (Fsp3) is 0. The molecule has 0 amide bonds. The van der Waals surface area contributed by atoms with Crippen LogP contribution in [-0.2, 0) is 4.79 Å². The van der Waals surface area contributed by atoms with E-state index in [2.05, 4.69) is 0 Å². The molecule has 3 heteroatoms. The van der Waals surface area contributed by atoms with Gasteiger partial charge >= 0.3 is 0 Å². The normalized spacial score (nSPS) is 3.00. The minimum atomic E-state index is -0.500. The van der Waals surface area contributed by atoms with E-state index < -0.39 is 6.47 Å². The summed E-state index contributed by atoms with van der Waals surface area (Å²) >= 11 is 0. The molecule has 0 unspecified atom stereocenters. The molecule has 0 aromatic rings. The van der Waals surface area contributed by atoms with Gasteiger partial charge in [-0.3, -0.25) is 0 Å². The summed E-state index contributed by atoms with van der Waals surface area (Å²) in [5.74, 6) is 0. The van der Waals surface area contributed by atoms with Crippen molar-refractivity contribution in [3.05, 3.63) is 0 Å². The number of hydrogen-bond donors (Lipinski definition) is 0. The third kappa shape index (κ3) is 11.3. The molecule has 0 saturated carbocycles. The molecule has 0 bridgehead atoms. The summed E-state index contributed by atoms with van der Waals surface area (Å²) in [5.41, 5.74) is 0. The van der Waals surface area contributed by atoms with E-state index in [9.17, 15) is 0 Å². The maximum atomic E-state index is 8.25. The Hall–Kier alpha value is 1.11. The second kappa shape index (κ2) is 8.93. The largest absolute Gasteiger partial charge is 0.554 e. The predicted molar refractivity (Wildman–Crippen MR) is 11.8 cm³/mol. The SMILES string of the molecule is O=C[O-].[K]. The monoisotopic (exact) mass is 84.0 g/mol. The van der Waals surface area contributed by atoms with E-state index in [0.29, 0.717) is 0 Å². The summed E-state index contributed by atoms with van der Waals surface area (Å²) in [6.45, 7) is -0.500. The van der Waals surface area contributed by atoms with Crippen molar-refractivity contribution in [3.63, 3.8) is 0 Å². The maximum Gasteiger partial charge on any atom is 0.0275 e. The summed E-state index contributed by atoms with van der Waals surface area (Å²) in [6, 6.07) is 0. The molecule has 0 N–H and O–H groups in total. The van der Waals surface area contributed by atoms with Crippen LogP contribution in [0, 0.1) is 0 Å². The van der Waals surface area contributed by atoms with Crippen LogP contribution in [0.2, 0.25) is 0 Å². The smallest absolute Gasteiger partial charge is 0.0275 e. The quantitative estimate of drug-likeness (QED) is 0.251. The minimum Gasteiger partial charge on any atom is -0.554 e. The van der Waals surface area contributed by atoms with E-state index in [1.807, 2.05) is 0 Å². The van der Waals surface area contributed by atoms with Gasteiger partial charge in [0.1, 0.15) is 0 Å². The van der Waals surface area contributed by atoms with Crippen LogP contribution >= 0.6 is 0 Å². The first-order chi connectivity index (χ1) is 1.41. The van der Waals surface area contributed by atoms with Gasteiger partial charge in [-0.15, -0.1) is 0 Å². The van der Waals surface area contributed by atoms with Crippen LogP contribution in [0.25, 0.3) is 0 Å². The van der Waals surface area contributed by atoms with E-state index in [1.165, 1.54) is 0 Å². The summed E-state index contributed by atoms with van der Waals surface area (Å²) < 4.78 is 0. The fourth-order valence-electron chi connectivity index (χ4n) is 0. The van der Waals surface area contributed by atoms with Crippen LogP contribution in [0.15, 0.2) is 0 Å². The van der Waals surface area contributed by atoms with E-state index in [4.69, 9.17) is 9.90 Å². The standard InChI is InChI=1S/CH2O2.K/c2-1-3;/h1H,(H,2,3);/p-1. The molecular weight excluding hydrogens is 83.1 g/mol. The van der Waals surface area contributed by atoms with Gasteiger partial charge in [0, 0.05) is 57.9 Å². The van der Waals surface area contributed by atoms with Gasteiger partial charge < -0.3 is 9.90 Å². The third-order valence-corrected chi connectivity index (χ3v) is 0. The summed E-state index contributed by atoms with van der Waals surface area (Å²) in [5, 5.41) is 8.25. The molecule has 0 saturated heterocycles. The Morgan fingerprint density at radius 1 is 1.75 bits per heavy atom. The zero-order valence-corrected chi connectivity index (χ0v) is 5.52. The van der Waals surface area contributed by atoms with Crippen LogP contribution in [0.1, 0.15) is 0 Å². The molecule has 2 nitrogen and oxygen atoms in total. The van der Waals surface area contributed by atoms with Gasteiger partial charge in [0.25, 0.3) is 0 Å². The second-order valence-corrected chi connectivity index (χ2v) is 0.0962. The van der Waals surface area contributed by atoms with Crippen molar-refractivity contribution < 1.29 is 9.90 Å². The van der Waals surface area contributed by atoms with Gasteiger partial charge in [0.05, 0.1) is 0 Å². The molecule has 4 heavy (non-hydrogen) atoms. The van der Waals surface area contributed by atoms with Crippen molar-refractivity contribution in [2.75, 3.05) is 0 Å². The minimum absolute atomic E-state index is 0. The second-order valence-electron chi connectivity index (χ2n) is 0.0962. The van der Waals surface area contributed by atoms with Crippen LogP contribution in [-0.4, -0.2) is 57.9 Å². The Balaban J connectivity index is 0. The van der Waals surface area contributed by atoms with Gasteiger partial charge in [-0.05, 0) is 0 Å². The van der Waals surface area contributed by atoms with Gasteiger partial charge in [-0.2, -0.15) is 0 Å². The number of carbonyl (C=O) groups excluding carboxylic acids is 1. The number of hydrogen-bond acceptors (Lipinski definition) is 2. The van der Waals surface area contributed by atoms with Crippen LogP contribution in [0.4, 0.5) is 0 Å². The summed E-state index contributed by atoms with van der Waals surface area (Å²) in [7, 11) is 0. The average Bonchev–Trinajstić information content (AvgIpc) is 0.918. The summed E-state index contributed by atoms with van der Waals surface area (Å²) in [6.07, 6.45) is 0. The third-order valence-electron chi connectivity index (χ3n) is 0. The van der Waals surface area contributed by atoms with E-state index in [0.717, 1.165) is 0 Å². The first-order valence-corrected chi connectivity index (χ1v) is 0.471. The molecule has 0 aliphatic carbocycles. The number of carbonyl (C=O) groups is 1. The molecule has 0 atom stereocenters. The van der Waals surface area contributed by atoms with Crippen molar-refractivity contribution >= 4 is 57.9 Å². The zero-order chi connectivity index (χ0) is 2.71. The van der Waals surface area contributed by atoms with Crippen molar-refractivity contribution in [1.29, 1.82) is 0 Å². The van der Waals surface area contributed by atoms with Crippen LogP contribution < -0.4 is 5.11 Å². The van der Waals surface area contributed by atoms with Crippen molar-refractivity contribution in [3.8, 4) is 0 Å². The molecule has 0 spiro atoms. The average molecular weight is 84.1 g/mol. The molecule has 0 rings (SSSR count). The van der Waals surface area contributed by atoms with E-state index in [1.54, 1.807) is 0 Å². The molecule has 0 heterocycles. The van der Waals surface area contributed by atoms with E-state index in [-0.39, 0.29) is 51.4 Å². The van der Waals surface area contributed by atoms with Crippen molar-refractivity contribution in [2.24, 2.45) is 0 Å². The van der Waals surface area contributed by atoms with Crippen LogP contribution in [0.5, 0.6) is 0 Å². The molecule has 0 fully saturated rings. The van der Waals surface area contributed by atoms with Crippen LogP contribution in [0.3, 0.4) is 0 Å². The Labute approximate surface area is 66.6 Å². The first kappa shape index (κ1) is 8.92. The molecule has 19 valence electrons. The molecular formula is CHKO2-. The van der Waals surface area contributed by atoms with Crippen molar-refractivity contribution in [2.45, 2.75) is 0 Å². The molecule has 0 aliphatic heterocycles. The van der Waals surface area contributed by atoms with Crippen molar-refractivity contribution in [1.82, 2.24) is 0 Å². The Morgan fingerprint density at radius 3 is 1.75 bits per heavy atom. The predicted octanol–water partition coefficient (Wildman–Crippen LogP) is -2.01. The molecule has 0 aliphatic rings. The number of carboxylic acid groups (broad SMARTS) is 1. The maximum absolute atomic E-state index is 8.25. The molecule has 0 aromatic heterocycles. The zero-order valence-electron chi connectivity index (χ0n) is 2.39. The Bertz CT molecular complexity index is 13.5. The molecule has 1 radical (unpaired) electrons. The van der Waals surface area contributed by atoms with Gasteiger partial charge in [-0.1, -0.05) is 0 Å². The number of rotatable bonds is 0. The Morgan fingerprint density at radius 2 is 1.75 bits per heavy atom. The van der Waals surface area contributed by atoms with E-state index >= 15 is 0 Å². The van der Waals surface area contributed by atoms with Gasteiger partial charge in [0.2, 0.25) is 0 Å². The topological polar surface area (TPSA) is 40.1 Å². The summed E-state index contributed by atoms with van der Waals surface area (Å²) in [4.78, 5) is 8.25. The van der Waals surface area contributed by atoms with Gasteiger partial charge in [-0.25, -0.2) is 0 Å². The Kier molecular flexibility index (Phi) is 19.9. The molecule has 0 aromatic carbocycles. The fourth-order valence-corrected chi connectivity index (χ4v) is 0.